The van der Waals surface area contributed by atoms with Crippen LogP contribution in [-0.2, 0) is 6.54 Å². The summed E-state index contributed by atoms with van der Waals surface area (Å²) in [5.41, 5.74) is 2.16. The highest BCUT2D eigenvalue weighted by Crippen LogP contribution is 2.31. The molecule has 0 atom stereocenters. The summed E-state index contributed by atoms with van der Waals surface area (Å²) in [6, 6.07) is 14.2. The average Bonchev–Trinajstić information content (AvgIpc) is 2.78. The van der Waals surface area contributed by atoms with Crippen LogP contribution in [0.25, 0.3) is 0 Å². The monoisotopic (exact) mass is 428 g/mol. The van der Waals surface area contributed by atoms with Crippen LogP contribution in [-0.4, -0.2) is 43.1 Å². The molecular weight excluding hydrogens is 407 g/mol. The molecule has 2 aromatic carbocycles. The highest BCUT2D eigenvalue weighted by atomic mass is 35.5. The third kappa shape index (κ3) is 4.11. The molecule has 0 N–H and O–H groups in total. The Labute approximate surface area is 179 Å². The quantitative estimate of drug-likeness (QED) is 0.623. The van der Waals surface area contributed by atoms with E-state index < -0.39 is 0 Å². The molecule has 1 aliphatic heterocycles. The summed E-state index contributed by atoms with van der Waals surface area (Å²) in [5, 5.41) is 4.50. The lowest BCUT2D eigenvalue weighted by Crippen LogP contribution is -2.47. The van der Waals surface area contributed by atoms with Gasteiger partial charge in [-0.15, -0.1) is 0 Å². The average molecular weight is 429 g/mol. The van der Waals surface area contributed by atoms with Crippen molar-refractivity contribution in [3.8, 4) is 5.75 Å². The maximum atomic E-state index is 13.5. The van der Waals surface area contributed by atoms with Gasteiger partial charge in [-0.2, -0.15) is 5.10 Å². The van der Waals surface area contributed by atoms with Gasteiger partial charge in [0.25, 0.3) is 5.56 Å². The Hall–Kier alpha value is -3.06. The van der Waals surface area contributed by atoms with Crippen molar-refractivity contribution in [1.82, 2.24) is 9.78 Å². The number of aromatic nitrogens is 2. The molecule has 0 aliphatic carbocycles. The molecular formula is C22H22ClFN4O2. The number of hydrogen-bond acceptors (Lipinski definition) is 5. The number of ether oxygens (including phenoxy) is 1. The predicted octanol–water partition coefficient (Wildman–Crippen LogP) is 3.42. The maximum Gasteiger partial charge on any atom is 0.287 e. The first-order valence-corrected chi connectivity index (χ1v) is 10.1. The van der Waals surface area contributed by atoms with Crippen LogP contribution in [0.1, 0.15) is 5.56 Å². The Morgan fingerprint density at radius 2 is 1.70 bits per heavy atom. The minimum atomic E-state index is -0.330. The fourth-order valence-electron chi connectivity index (χ4n) is 3.65. The minimum Gasteiger partial charge on any atom is -0.494 e. The number of piperazine rings is 1. The number of halogens is 2. The zero-order valence-electron chi connectivity index (χ0n) is 16.6. The van der Waals surface area contributed by atoms with Crippen LogP contribution in [0.15, 0.2) is 59.5 Å². The third-order valence-electron chi connectivity index (χ3n) is 5.24. The van der Waals surface area contributed by atoms with Gasteiger partial charge in [0.05, 0.1) is 31.2 Å². The van der Waals surface area contributed by atoms with Gasteiger partial charge in [0, 0.05) is 32.2 Å². The number of anilines is 2. The van der Waals surface area contributed by atoms with Gasteiger partial charge < -0.3 is 14.5 Å². The lowest BCUT2D eigenvalue weighted by Gasteiger charge is -2.37. The van der Waals surface area contributed by atoms with Crippen molar-refractivity contribution in [2.45, 2.75) is 6.54 Å². The summed E-state index contributed by atoms with van der Waals surface area (Å²) in [6.07, 6.45) is 1.65. The van der Waals surface area contributed by atoms with Gasteiger partial charge in [-0.1, -0.05) is 41.9 Å². The Balaban J connectivity index is 1.49. The third-order valence-corrected chi connectivity index (χ3v) is 5.60. The molecule has 1 fully saturated rings. The molecule has 156 valence electrons. The first kappa shape index (κ1) is 20.2. The number of benzene rings is 2. The molecule has 1 aromatic heterocycles. The molecule has 2 heterocycles. The molecule has 0 bridgehead atoms. The van der Waals surface area contributed by atoms with E-state index in [1.807, 2.05) is 30.3 Å². The first-order valence-electron chi connectivity index (χ1n) is 9.70. The summed E-state index contributed by atoms with van der Waals surface area (Å²) in [4.78, 5) is 16.9. The van der Waals surface area contributed by atoms with Gasteiger partial charge in [-0.3, -0.25) is 4.79 Å². The van der Waals surface area contributed by atoms with Gasteiger partial charge in [-0.25, -0.2) is 9.07 Å². The highest BCUT2D eigenvalue weighted by molar-refractivity contribution is 6.33. The Morgan fingerprint density at radius 3 is 2.37 bits per heavy atom. The van der Waals surface area contributed by atoms with Crippen LogP contribution in [0.2, 0.25) is 5.02 Å². The van der Waals surface area contributed by atoms with Gasteiger partial charge in [0.15, 0.2) is 0 Å². The van der Waals surface area contributed by atoms with E-state index in [0.29, 0.717) is 44.2 Å². The summed E-state index contributed by atoms with van der Waals surface area (Å²) in [6.45, 7) is 3.06. The zero-order chi connectivity index (χ0) is 21.1. The van der Waals surface area contributed by atoms with Gasteiger partial charge >= 0.3 is 0 Å². The molecule has 1 aliphatic rings. The minimum absolute atomic E-state index is 0.175. The van der Waals surface area contributed by atoms with Crippen molar-refractivity contribution in [2.75, 3.05) is 43.1 Å². The molecule has 1 saturated heterocycles. The fourth-order valence-corrected chi connectivity index (χ4v) is 3.91. The standard InChI is InChI=1S/C22H22ClFN4O2/c1-30-20-13-17(24)7-8-18(20)26-9-11-27(12-10-26)19-14-25-28(22(29)21(19)23)15-16-5-3-2-4-6-16/h2-8,13-14H,9-12,15H2,1H3. The maximum absolute atomic E-state index is 13.5. The van der Waals surface area contributed by atoms with Crippen molar-refractivity contribution < 1.29 is 9.13 Å². The van der Waals surface area contributed by atoms with Crippen LogP contribution in [0.4, 0.5) is 15.8 Å². The molecule has 3 aromatic rings. The van der Waals surface area contributed by atoms with E-state index in [2.05, 4.69) is 14.9 Å². The smallest absolute Gasteiger partial charge is 0.287 e. The molecule has 6 nitrogen and oxygen atoms in total. The first-order chi connectivity index (χ1) is 14.6. The number of hydrogen-bond donors (Lipinski definition) is 0. The van der Waals surface area contributed by atoms with Crippen molar-refractivity contribution in [3.63, 3.8) is 0 Å². The van der Waals surface area contributed by atoms with Crippen molar-refractivity contribution >= 4 is 23.0 Å². The Bertz CT molecular complexity index is 1080. The lowest BCUT2D eigenvalue weighted by molar-refractivity contribution is 0.410. The predicted molar refractivity (Wildman–Crippen MR) is 116 cm³/mol. The van der Waals surface area contributed by atoms with E-state index in [4.69, 9.17) is 16.3 Å². The fraction of sp³-hybridized carbons (Fsp3) is 0.273. The van der Waals surface area contributed by atoms with E-state index in [1.54, 1.807) is 12.3 Å². The second-order valence-electron chi connectivity index (χ2n) is 7.08. The molecule has 0 unspecified atom stereocenters. The number of methoxy groups -OCH3 is 1. The van der Waals surface area contributed by atoms with E-state index in [9.17, 15) is 9.18 Å². The SMILES string of the molecule is COc1cc(F)ccc1N1CCN(c2cnn(Cc3ccccc3)c(=O)c2Cl)CC1. The molecule has 0 saturated carbocycles. The van der Waals surface area contributed by atoms with Crippen molar-refractivity contribution in [3.05, 3.63) is 81.5 Å². The zero-order valence-corrected chi connectivity index (χ0v) is 17.3. The number of rotatable bonds is 5. The van der Waals surface area contributed by atoms with Crippen LogP contribution in [0, 0.1) is 5.82 Å². The second kappa shape index (κ2) is 8.75. The molecule has 0 amide bonds. The van der Waals surface area contributed by atoms with Gasteiger partial charge in [0.1, 0.15) is 16.6 Å². The molecule has 4 rings (SSSR count). The Kier molecular flexibility index (Phi) is 5.90. The molecule has 30 heavy (non-hydrogen) atoms. The van der Waals surface area contributed by atoms with Crippen LogP contribution in [0.5, 0.6) is 5.75 Å². The molecule has 0 radical (unpaired) electrons. The van der Waals surface area contributed by atoms with E-state index in [1.165, 1.54) is 23.9 Å². The summed E-state index contributed by atoms with van der Waals surface area (Å²) < 4.78 is 20.2. The summed E-state index contributed by atoms with van der Waals surface area (Å²) >= 11 is 6.43. The summed E-state index contributed by atoms with van der Waals surface area (Å²) in [7, 11) is 1.53. The number of nitrogens with zero attached hydrogens (tertiary/aromatic N) is 4. The Morgan fingerprint density at radius 1 is 1.03 bits per heavy atom. The molecule has 8 heteroatoms. The second-order valence-corrected chi connectivity index (χ2v) is 7.46. The van der Waals surface area contributed by atoms with E-state index in [0.717, 1.165) is 11.3 Å². The van der Waals surface area contributed by atoms with Crippen LogP contribution < -0.4 is 20.1 Å². The largest absolute Gasteiger partial charge is 0.494 e. The summed E-state index contributed by atoms with van der Waals surface area (Å²) in [5.74, 6) is 0.176. The normalized spacial score (nSPS) is 14.1. The van der Waals surface area contributed by atoms with Crippen LogP contribution >= 0.6 is 11.6 Å². The van der Waals surface area contributed by atoms with Crippen molar-refractivity contribution in [1.29, 1.82) is 0 Å². The van der Waals surface area contributed by atoms with Gasteiger partial charge in [-0.05, 0) is 17.7 Å². The molecule has 0 spiro atoms. The van der Waals surface area contributed by atoms with Crippen molar-refractivity contribution in [2.24, 2.45) is 0 Å². The topological polar surface area (TPSA) is 50.6 Å². The van der Waals surface area contributed by atoms with Crippen LogP contribution in [0.3, 0.4) is 0 Å². The van der Waals surface area contributed by atoms with E-state index >= 15 is 0 Å². The van der Waals surface area contributed by atoms with Gasteiger partial charge in [0.2, 0.25) is 0 Å². The van der Waals surface area contributed by atoms with E-state index in [-0.39, 0.29) is 16.4 Å². The highest BCUT2D eigenvalue weighted by Gasteiger charge is 2.23. The lowest BCUT2D eigenvalue weighted by atomic mass is 10.2.